The van der Waals surface area contributed by atoms with Gasteiger partial charge in [0.25, 0.3) is 0 Å². The van der Waals surface area contributed by atoms with E-state index in [-0.39, 0.29) is 27.9 Å². The number of ether oxygens (including phenoxy) is 2. The number of hydrogen-bond donors (Lipinski definition) is 1. The Hall–Kier alpha value is -3.06. The first kappa shape index (κ1) is 21.6. The summed E-state index contributed by atoms with van der Waals surface area (Å²) in [5.74, 6) is -1.32. The van der Waals surface area contributed by atoms with E-state index in [0.717, 1.165) is 10.9 Å². The van der Waals surface area contributed by atoms with Crippen molar-refractivity contribution in [3.05, 3.63) is 46.1 Å². The highest BCUT2D eigenvalue weighted by Gasteiger charge is 2.34. The van der Waals surface area contributed by atoms with Crippen LogP contribution in [0, 0.1) is 6.92 Å². The van der Waals surface area contributed by atoms with Gasteiger partial charge in [-0.1, -0.05) is 23.2 Å². The highest BCUT2D eigenvalue weighted by atomic mass is 35.5. The fourth-order valence-corrected chi connectivity index (χ4v) is 3.31. The third kappa shape index (κ3) is 4.11. The van der Waals surface area contributed by atoms with Crippen molar-refractivity contribution in [1.82, 2.24) is 4.98 Å². The summed E-state index contributed by atoms with van der Waals surface area (Å²) in [4.78, 5) is 29.7. The van der Waals surface area contributed by atoms with Gasteiger partial charge in [0.1, 0.15) is 16.3 Å². The smallest absolute Gasteiger partial charge is 0.344 e. The molecular formula is C22H23ClN2O5. The zero-order valence-electron chi connectivity index (χ0n) is 17.7. The van der Waals surface area contributed by atoms with Gasteiger partial charge in [0.15, 0.2) is 5.76 Å². The highest BCUT2D eigenvalue weighted by Crippen LogP contribution is 2.40. The number of anilines is 1. The van der Waals surface area contributed by atoms with Crippen LogP contribution < -0.4 is 5.32 Å². The Balaban J connectivity index is 2.36. The number of nitrogens with zero attached hydrogens (tertiary/aromatic N) is 1. The molecule has 0 unspecified atom stereocenters. The predicted molar refractivity (Wildman–Crippen MR) is 115 cm³/mol. The fourth-order valence-electron chi connectivity index (χ4n) is 3.07. The van der Waals surface area contributed by atoms with Gasteiger partial charge in [-0.3, -0.25) is 0 Å². The van der Waals surface area contributed by atoms with Crippen molar-refractivity contribution in [2.75, 3.05) is 19.5 Å². The molecule has 0 saturated heterocycles. The first-order chi connectivity index (χ1) is 14.1. The summed E-state index contributed by atoms with van der Waals surface area (Å²) >= 11 is 6.45. The molecule has 0 saturated carbocycles. The van der Waals surface area contributed by atoms with E-state index >= 15 is 0 Å². The number of aryl methyl sites for hydroxylation is 1. The molecule has 158 valence electrons. The molecule has 0 amide bonds. The normalized spacial score (nSPS) is 11.4. The van der Waals surface area contributed by atoms with E-state index in [1.54, 1.807) is 6.07 Å². The first-order valence-electron chi connectivity index (χ1n) is 9.24. The van der Waals surface area contributed by atoms with Gasteiger partial charge in [-0.05, 0) is 45.9 Å². The molecule has 0 aliphatic carbocycles. The Morgan fingerprint density at radius 1 is 1.07 bits per heavy atom. The molecule has 7 nitrogen and oxygen atoms in total. The molecule has 30 heavy (non-hydrogen) atoms. The van der Waals surface area contributed by atoms with Gasteiger partial charge in [0, 0.05) is 10.9 Å². The number of fused-ring (bicyclic) bond motifs is 1. The molecule has 0 atom stereocenters. The van der Waals surface area contributed by atoms with E-state index in [9.17, 15) is 9.59 Å². The lowest BCUT2D eigenvalue weighted by Crippen LogP contribution is -2.27. The Morgan fingerprint density at radius 3 is 2.30 bits per heavy atom. The standard InChI is InChI=1S/C22H23ClN2O5/c1-11-7-8-14-12(9-11)10-13(18(23)24-14)17-15(20(26)28-5)16(21(27)29-6)19(30-17)25-22(2,3)4/h7-10,25H,1-6H3. The van der Waals surface area contributed by atoms with Crippen LogP contribution in [0.25, 0.3) is 22.2 Å². The number of benzene rings is 1. The lowest BCUT2D eigenvalue weighted by molar-refractivity contribution is 0.0558. The first-order valence-corrected chi connectivity index (χ1v) is 9.62. The van der Waals surface area contributed by atoms with Crippen molar-refractivity contribution in [3.63, 3.8) is 0 Å². The molecule has 0 bridgehead atoms. The number of carbonyl (C=O) groups excluding carboxylic acids is 2. The lowest BCUT2D eigenvalue weighted by Gasteiger charge is -2.20. The van der Waals surface area contributed by atoms with Crippen LogP contribution >= 0.6 is 11.6 Å². The second-order valence-electron chi connectivity index (χ2n) is 7.89. The quantitative estimate of drug-likeness (QED) is 0.447. The van der Waals surface area contributed by atoms with Gasteiger partial charge in [-0.15, -0.1) is 0 Å². The van der Waals surface area contributed by atoms with Crippen molar-refractivity contribution in [2.45, 2.75) is 33.2 Å². The minimum Gasteiger partial charge on any atom is -0.465 e. The van der Waals surface area contributed by atoms with Crippen molar-refractivity contribution in [1.29, 1.82) is 0 Å². The number of methoxy groups -OCH3 is 2. The minimum atomic E-state index is -0.753. The third-order valence-corrected chi connectivity index (χ3v) is 4.63. The van der Waals surface area contributed by atoms with Crippen LogP contribution in [0.1, 0.15) is 47.1 Å². The molecule has 0 fully saturated rings. The second-order valence-corrected chi connectivity index (χ2v) is 8.25. The van der Waals surface area contributed by atoms with Crippen LogP contribution in [0.5, 0.6) is 0 Å². The van der Waals surface area contributed by atoms with E-state index in [4.69, 9.17) is 25.5 Å². The average molecular weight is 431 g/mol. The number of nitrogens with one attached hydrogen (secondary N) is 1. The summed E-state index contributed by atoms with van der Waals surface area (Å²) in [5.41, 5.74) is 1.49. The molecule has 0 aliphatic heterocycles. The summed E-state index contributed by atoms with van der Waals surface area (Å²) in [5, 5.41) is 4.04. The van der Waals surface area contributed by atoms with Gasteiger partial charge in [-0.25, -0.2) is 14.6 Å². The Labute approximate surface area is 179 Å². The maximum absolute atomic E-state index is 12.7. The number of carbonyl (C=O) groups is 2. The number of rotatable bonds is 4. The molecule has 0 spiro atoms. The molecule has 8 heteroatoms. The van der Waals surface area contributed by atoms with Crippen molar-refractivity contribution in [2.24, 2.45) is 0 Å². The molecule has 0 radical (unpaired) electrons. The van der Waals surface area contributed by atoms with Crippen LogP contribution in [-0.4, -0.2) is 36.7 Å². The van der Waals surface area contributed by atoms with Crippen LogP contribution in [0.3, 0.4) is 0 Å². The number of furan rings is 1. The lowest BCUT2D eigenvalue weighted by atomic mass is 10.0. The summed E-state index contributed by atoms with van der Waals surface area (Å²) in [7, 11) is 2.45. The number of hydrogen-bond acceptors (Lipinski definition) is 7. The zero-order valence-corrected chi connectivity index (χ0v) is 18.4. The predicted octanol–water partition coefficient (Wildman–Crippen LogP) is 5.24. The molecule has 3 aromatic rings. The van der Waals surface area contributed by atoms with Crippen LogP contribution in [0.4, 0.5) is 5.88 Å². The van der Waals surface area contributed by atoms with Gasteiger partial charge in [0.05, 0.1) is 25.3 Å². The largest absolute Gasteiger partial charge is 0.465 e. The Kier molecular flexibility index (Phi) is 5.76. The van der Waals surface area contributed by atoms with Crippen LogP contribution in [0.2, 0.25) is 5.15 Å². The summed E-state index contributed by atoms with van der Waals surface area (Å²) < 4.78 is 15.8. The van der Waals surface area contributed by atoms with Gasteiger partial charge in [-0.2, -0.15) is 0 Å². The van der Waals surface area contributed by atoms with Crippen LogP contribution in [-0.2, 0) is 9.47 Å². The maximum atomic E-state index is 12.7. The van der Waals surface area contributed by atoms with Crippen LogP contribution in [0.15, 0.2) is 28.7 Å². The minimum absolute atomic E-state index is 0.0605. The monoisotopic (exact) mass is 430 g/mol. The number of esters is 2. The zero-order chi connectivity index (χ0) is 22.2. The van der Waals surface area contributed by atoms with Crippen molar-refractivity contribution < 1.29 is 23.5 Å². The van der Waals surface area contributed by atoms with Crippen molar-refractivity contribution in [3.8, 4) is 11.3 Å². The van der Waals surface area contributed by atoms with Crippen molar-refractivity contribution >= 4 is 40.3 Å². The van der Waals surface area contributed by atoms with E-state index in [1.165, 1.54) is 14.2 Å². The average Bonchev–Trinajstić information content (AvgIpc) is 3.03. The molecule has 3 rings (SSSR count). The SMILES string of the molecule is COC(=O)c1c(NC(C)(C)C)oc(-c2cc3cc(C)ccc3nc2Cl)c1C(=O)OC. The Morgan fingerprint density at radius 2 is 1.70 bits per heavy atom. The molecule has 0 aliphatic rings. The van der Waals surface area contributed by atoms with Gasteiger partial charge >= 0.3 is 11.9 Å². The fraction of sp³-hybridized carbons (Fsp3) is 0.318. The maximum Gasteiger partial charge on any atom is 0.344 e. The number of pyridine rings is 1. The summed E-state index contributed by atoms with van der Waals surface area (Å²) in [6.07, 6.45) is 0. The van der Waals surface area contributed by atoms with Gasteiger partial charge < -0.3 is 19.2 Å². The Bertz CT molecular complexity index is 1140. The van der Waals surface area contributed by atoms with E-state index < -0.39 is 17.5 Å². The topological polar surface area (TPSA) is 90.7 Å². The third-order valence-electron chi connectivity index (χ3n) is 4.34. The molecule has 2 aromatic heterocycles. The summed E-state index contributed by atoms with van der Waals surface area (Å²) in [6, 6.07) is 7.50. The van der Waals surface area contributed by atoms with E-state index in [0.29, 0.717) is 11.1 Å². The molecule has 1 aromatic carbocycles. The van der Waals surface area contributed by atoms with E-state index in [1.807, 2.05) is 45.9 Å². The second kappa shape index (κ2) is 7.99. The highest BCUT2D eigenvalue weighted by molar-refractivity contribution is 6.33. The molecular weight excluding hydrogens is 408 g/mol. The number of aromatic nitrogens is 1. The molecule has 2 heterocycles. The van der Waals surface area contributed by atoms with Gasteiger partial charge in [0.2, 0.25) is 5.88 Å². The van der Waals surface area contributed by atoms with E-state index in [2.05, 4.69) is 10.3 Å². The molecule has 1 N–H and O–H groups in total. The number of halogens is 1. The summed E-state index contributed by atoms with van der Waals surface area (Å²) in [6.45, 7) is 7.63.